The molecule has 1 N–H and O–H groups in total. The second-order valence-electron chi connectivity index (χ2n) is 6.73. The molecule has 7 heteroatoms. The molecule has 0 unspecified atom stereocenters. The number of aromatic nitrogens is 3. The van der Waals surface area contributed by atoms with Gasteiger partial charge in [0.25, 0.3) is 0 Å². The molecule has 0 aliphatic carbocycles. The SMILES string of the molecule is COc1cc(-c2cc3nccc(-c4ccc5nc[nH]c5c4)c3o2)cc(OC)c1OC. The van der Waals surface area contributed by atoms with E-state index in [1.807, 2.05) is 36.4 Å². The summed E-state index contributed by atoms with van der Waals surface area (Å²) in [6.07, 6.45) is 3.47. The zero-order valence-corrected chi connectivity index (χ0v) is 16.7. The Kier molecular flexibility index (Phi) is 4.28. The fourth-order valence-electron chi connectivity index (χ4n) is 3.63. The number of hydrogen-bond acceptors (Lipinski definition) is 6. The van der Waals surface area contributed by atoms with Crippen LogP contribution in [0.5, 0.6) is 17.2 Å². The number of aromatic amines is 1. The van der Waals surface area contributed by atoms with Crippen LogP contribution in [0.15, 0.2) is 59.4 Å². The van der Waals surface area contributed by atoms with Gasteiger partial charge in [-0.3, -0.25) is 4.98 Å². The highest BCUT2D eigenvalue weighted by molar-refractivity contribution is 5.94. The van der Waals surface area contributed by atoms with Gasteiger partial charge in [0.1, 0.15) is 11.3 Å². The molecule has 0 aliphatic rings. The van der Waals surface area contributed by atoms with Crippen molar-refractivity contribution in [2.45, 2.75) is 0 Å². The molecule has 0 aliphatic heterocycles. The van der Waals surface area contributed by atoms with E-state index >= 15 is 0 Å². The Labute approximate surface area is 172 Å². The van der Waals surface area contributed by atoms with Gasteiger partial charge < -0.3 is 23.6 Å². The summed E-state index contributed by atoms with van der Waals surface area (Å²) in [5, 5.41) is 0. The molecule has 0 spiro atoms. The Hall–Kier alpha value is -4.00. The Morgan fingerprint density at radius 2 is 1.60 bits per heavy atom. The minimum absolute atomic E-state index is 0.534. The maximum absolute atomic E-state index is 6.27. The minimum Gasteiger partial charge on any atom is -0.493 e. The molecule has 0 atom stereocenters. The monoisotopic (exact) mass is 401 g/mol. The molecule has 0 bridgehead atoms. The lowest BCUT2D eigenvalue weighted by atomic mass is 10.1. The first kappa shape index (κ1) is 18.1. The molecule has 0 saturated heterocycles. The van der Waals surface area contributed by atoms with Crippen LogP contribution in [0.2, 0.25) is 0 Å². The first-order valence-electron chi connectivity index (χ1n) is 9.34. The van der Waals surface area contributed by atoms with E-state index in [1.165, 1.54) is 0 Å². The summed E-state index contributed by atoms with van der Waals surface area (Å²) in [6.45, 7) is 0. The molecule has 5 aromatic rings. The highest BCUT2D eigenvalue weighted by atomic mass is 16.5. The molecule has 0 saturated carbocycles. The lowest BCUT2D eigenvalue weighted by Gasteiger charge is -2.13. The van der Waals surface area contributed by atoms with Gasteiger partial charge in [0.15, 0.2) is 17.1 Å². The molecular weight excluding hydrogens is 382 g/mol. The number of ether oxygens (including phenoxy) is 3. The number of benzene rings is 2. The number of hydrogen-bond donors (Lipinski definition) is 1. The van der Waals surface area contributed by atoms with Crippen LogP contribution in [0.4, 0.5) is 0 Å². The average Bonchev–Trinajstić information content (AvgIpc) is 3.44. The van der Waals surface area contributed by atoms with Crippen LogP contribution in [0.3, 0.4) is 0 Å². The molecule has 7 nitrogen and oxygen atoms in total. The van der Waals surface area contributed by atoms with Crippen molar-refractivity contribution in [3.8, 4) is 39.7 Å². The Balaban J connectivity index is 1.67. The Morgan fingerprint density at radius 1 is 0.800 bits per heavy atom. The maximum atomic E-state index is 6.27. The standard InChI is InChI=1S/C23H19N3O4/c1-27-20-9-14(10-21(28-2)23(20)29-3)19-11-18-22(30-19)15(6-7-24-18)13-4-5-16-17(8-13)26-12-25-16/h4-12H,1-3H3,(H,25,26). The third kappa shape index (κ3) is 2.83. The third-order valence-corrected chi connectivity index (χ3v) is 5.09. The number of nitrogens with zero attached hydrogens (tertiary/aromatic N) is 2. The first-order valence-corrected chi connectivity index (χ1v) is 9.34. The predicted molar refractivity (Wildman–Crippen MR) is 114 cm³/mol. The molecule has 2 aromatic carbocycles. The number of H-pyrrole nitrogens is 1. The van der Waals surface area contributed by atoms with Crippen LogP contribution in [-0.4, -0.2) is 36.3 Å². The number of rotatable bonds is 5. The molecule has 150 valence electrons. The smallest absolute Gasteiger partial charge is 0.203 e. The van der Waals surface area contributed by atoms with Crippen molar-refractivity contribution in [1.82, 2.24) is 15.0 Å². The van der Waals surface area contributed by atoms with Crippen LogP contribution in [0, 0.1) is 0 Å². The molecule has 3 heterocycles. The highest BCUT2D eigenvalue weighted by Crippen LogP contribution is 2.42. The Morgan fingerprint density at radius 3 is 2.33 bits per heavy atom. The van der Waals surface area contributed by atoms with E-state index in [-0.39, 0.29) is 0 Å². The molecule has 30 heavy (non-hydrogen) atoms. The normalized spacial score (nSPS) is 11.2. The van der Waals surface area contributed by atoms with Crippen molar-refractivity contribution in [2.24, 2.45) is 0 Å². The van der Waals surface area contributed by atoms with Gasteiger partial charge in [-0.25, -0.2) is 4.98 Å². The van der Waals surface area contributed by atoms with Gasteiger partial charge in [-0.15, -0.1) is 0 Å². The van der Waals surface area contributed by atoms with E-state index in [0.29, 0.717) is 28.6 Å². The summed E-state index contributed by atoms with van der Waals surface area (Å²) in [5.41, 5.74) is 6.13. The zero-order valence-electron chi connectivity index (χ0n) is 16.7. The highest BCUT2D eigenvalue weighted by Gasteiger charge is 2.18. The topological polar surface area (TPSA) is 82.4 Å². The lowest BCUT2D eigenvalue weighted by Crippen LogP contribution is -1.95. The van der Waals surface area contributed by atoms with Crippen LogP contribution >= 0.6 is 0 Å². The van der Waals surface area contributed by atoms with Crippen molar-refractivity contribution in [2.75, 3.05) is 21.3 Å². The fourth-order valence-corrected chi connectivity index (χ4v) is 3.63. The lowest BCUT2D eigenvalue weighted by molar-refractivity contribution is 0.324. The molecule has 5 rings (SSSR count). The summed E-state index contributed by atoms with van der Waals surface area (Å²) < 4.78 is 22.6. The second-order valence-corrected chi connectivity index (χ2v) is 6.73. The quantitative estimate of drug-likeness (QED) is 0.443. The van der Waals surface area contributed by atoms with Crippen molar-refractivity contribution in [3.63, 3.8) is 0 Å². The van der Waals surface area contributed by atoms with Gasteiger partial charge >= 0.3 is 0 Å². The van der Waals surface area contributed by atoms with E-state index in [0.717, 1.165) is 33.2 Å². The minimum atomic E-state index is 0.534. The molecule has 0 amide bonds. The summed E-state index contributed by atoms with van der Waals surface area (Å²) in [5.74, 6) is 2.31. The van der Waals surface area contributed by atoms with Crippen LogP contribution in [0.1, 0.15) is 0 Å². The van der Waals surface area contributed by atoms with Gasteiger partial charge in [-0.1, -0.05) is 6.07 Å². The van der Waals surface area contributed by atoms with Gasteiger partial charge in [0, 0.05) is 23.4 Å². The number of methoxy groups -OCH3 is 3. The van der Waals surface area contributed by atoms with Gasteiger partial charge in [-0.05, 0) is 35.9 Å². The van der Waals surface area contributed by atoms with Gasteiger partial charge in [-0.2, -0.15) is 0 Å². The molecular formula is C23H19N3O4. The molecule has 0 radical (unpaired) electrons. The number of fused-ring (bicyclic) bond motifs is 2. The number of pyridine rings is 1. The summed E-state index contributed by atoms with van der Waals surface area (Å²) in [6, 6.07) is 13.6. The molecule has 3 aromatic heterocycles. The van der Waals surface area contributed by atoms with Gasteiger partial charge in [0.2, 0.25) is 5.75 Å². The van der Waals surface area contributed by atoms with E-state index in [2.05, 4.69) is 21.0 Å². The zero-order chi connectivity index (χ0) is 20.7. The Bertz CT molecular complexity index is 1340. The van der Waals surface area contributed by atoms with Gasteiger partial charge in [0.05, 0.1) is 38.7 Å². The number of nitrogens with one attached hydrogen (secondary N) is 1. The summed E-state index contributed by atoms with van der Waals surface area (Å²) >= 11 is 0. The average molecular weight is 401 g/mol. The molecule has 0 fully saturated rings. The fraction of sp³-hybridized carbons (Fsp3) is 0.130. The van der Waals surface area contributed by atoms with Crippen molar-refractivity contribution in [1.29, 1.82) is 0 Å². The maximum Gasteiger partial charge on any atom is 0.203 e. The van der Waals surface area contributed by atoms with Crippen LogP contribution in [-0.2, 0) is 0 Å². The number of furan rings is 1. The van der Waals surface area contributed by atoms with Crippen molar-refractivity contribution < 1.29 is 18.6 Å². The van der Waals surface area contributed by atoms with E-state index in [1.54, 1.807) is 33.9 Å². The van der Waals surface area contributed by atoms with E-state index in [9.17, 15) is 0 Å². The number of imidazole rings is 1. The third-order valence-electron chi connectivity index (χ3n) is 5.09. The predicted octanol–water partition coefficient (Wildman–Crippen LogP) is 5.06. The summed E-state index contributed by atoms with van der Waals surface area (Å²) in [4.78, 5) is 11.9. The van der Waals surface area contributed by atoms with E-state index < -0.39 is 0 Å². The largest absolute Gasteiger partial charge is 0.493 e. The van der Waals surface area contributed by atoms with Crippen LogP contribution < -0.4 is 14.2 Å². The van der Waals surface area contributed by atoms with E-state index in [4.69, 9.17) is 18.6 Å². The van der Waals surface area contributed by atoms with Crippen molar-refractivity contribution >= 4 is 22.1 Å². The van der Waals surface area contributed by atoms with Crippen molar-refractivity contribution in [3.05, 3.63) is 55.0 Å². The van der Waals surface area contributed by atoms with Crippen LogP contribution in [0.25, 0.3) is 44.6 Å². The second kappa shape index (κ2) is 7.11. The first-order chi connectivity index (χ1) is 14.7. The summed E-state index contributed by atoms with van der Waals surface area (Å²) in [7, 11) is 4.75.